The summed E-state index contributed by atoms with van der Waals surface area (Å²) in [5.41, 5.74) is 14.2. The van der Waals surface area contributed by atoms with Gasteiger partial charge in [0, 0.05) is 30.9 Å². The van der Waals surface area contributed by atoms with Crippen molar-refractivity contribution in [3.05, 3.63) is 44.5 Å². The van der Waals surface area contributed by atoms with E-state index >= 15 is 0 Å². The molecule has 5 rings (SSSR count). The van der Waals surface area contributed by atoms with E-state index in [4.69, 9.17) is 42.9 Å². The lowest BCUT2D eigenvalue weighted by Gasteiger charge is -2.27. The molecule has 0 amide bonds. The molecular weight excluding hydrogens is 508 g/mol. The minimum atomic E-state index is -0.229. The minimum Gasteiger partial charge on any atom is -0.508 e. The average molecular weight is 543 g/mol. The molecule has 1 aliphatic rings. The van der Waals surface area contributed by atoms with Gasteiger partial charge in [0.15, 0.2) is 0 Å². The first-order valence-corrected chi connectivity index (χ1v) is 14.5. The first-order valence-electron chi connectivity index (χ1n) is 13.1. The predicted molar refractivity (Wildman–Crippen MR) is 175 cm³/mol. The molecule has 4 aromatic rings. The molecular formula is C30H35B2NOS3. The number of aromatic hydroxyl groups is 1. The van der Waals surface area contributed by atoms with Crippen molar-refractivity contribution in [2.75, 3.05) is 0 Å². The van der Waals surface area contributed by atoms with Crippen LogP contribution in [-0.4, -0.2) is 25.8 Å². The maximum atomic E-state index is 11.6. The molecule has 0 saturated heterocycles. The van der Waals surface area contributed by atoms with E-state index in [-0.39, 0.29) is 4.75 Å². The number of aryl methyl sites for hydroxylation is 4. The van der Waals surface area contributed by atoms with E-state index in [1.54, 1.807) is 0 Å². The summed E-state index contributed by atoms with van der Waals surface area (Å²) in [6, 6.07) is 0. The quantitative estimate of drug-likeness (QED) is 0.163. The lowest BCUT2D eigenvalue weighted by atomic mass is 9.73. The van der Waals surface area contributed by atoms with Crippen molar-refractivity contribution in [1.82, 2.24) is 4.98 Å². The van der Waals surface area contributed by atoms with Gasteiger partial charge in [-0.25, -0.2) is 4.98 Å². The fraction of sp³-hybridized carbons (Fsp3) is 0.367. The highest BCUT2D eigenvalue weighted by molar-refractivity contribution is 7.81. The third kappa shape index (κ3) is 3.63. The van der Waals surface area contributed by atoms with Gasteiger partial charge in [0.25, 0.3) is 0 Å². The van der Waals surface area contributed by atoms with Crippen LogP contribution >= 0.6 is 37.9 Å². The monoisotopic (exact) mass is 543 g/mol. The fourth-order valence-electron chi connectivity index (χ4n) is 6.29. The van der Waals surface area contributed by atoms with Crippen molar-refractivity contribution in [1.29, 1.82) is 0 Å². The van der Waals surface area contributed by atoms with Crippen LogP contribution in [0, 0.1) is 41.5 Å². The molecule has 1 saturated carbocycles. The lowest BCUT2D eigenvalue weighted by molar-refractivity contribution is 0.481. The zero-order chi connectivity index (χ0) is 27.3. The Labute approximate surface area is 239 Å². The van der Waals surface area contributed by atoms with Gasteiger partial charge < -0.3 is 5.11 Å². The van der Waals surface area contributed by atoms with Crippen LogP contribution < -0.4 is 10.9 Å². The Hall–Kier alpha value is -1.69. The maximum absolute atomic E-state index is 11.6. The first-order chi connectivity index (χ1) is 17.3. The number of hydrogen-bond acceptors (Lipinski definition) is 5. The number of pyridine rings is 1. The van der Waals surface area contributed by atoms with Gasteiger partial charge in [-0.3, -0.25) is 0 Å². The third-order valence-electron chi connectivity index (χ3n) is 9.21. The number of fused-ring (bicyclic) bond motifs is 3. The second-order valence-electron chi connectivity index (χ2n) is 11.1. The molecule has 0 unspecified atom stereocenters. The topological polar surface area (TPSA) is 33.1 Å². The molecule has 1 heterocycles. The van der Waals surface area contributed by atoms with Gasteiger partial charge in [-0.15, -0.1) is 25.3 Å². The highest BCUT2D eigenvalue weighted by Gasteiger charge is 2.45. The summed E-state index contributed by atoms with van der Waals surface area (Å²) in [6.07, 6.45) is 2.89. The molecule has 0 atom stereocenters. The second-order valence-corrected chi connectivity index (χ2v) is 12.8. The molecule has 190 valence electrons. The van der Waals surface area contributed by atoms with Crippen molar-refractivity contribution in [2.45, 2.75) is 82.3 Å². The summed E-state index contributed by atoms with van der Waals surface area (Å²) >= 11 is 15.1. The molecule has 1 fully saturated rings. The lowest BCUT2D eigenvalue weighted by Crippen LogP contribution is -2.30. The van der Waals surface area contributed by atoms with Gasteiger partial charge in [0.1, 0.15) is 21.4 Å². The van der Waals surface area contributed by atoms with Gasteiger partial charge >= 0.3 is 0 Å². The Bertz CT molecular complexity index is 1660. The Morgan fingerprint density at radius 2 is 1.38 bits per heavy atom. The number of aromatic nitrogens is 1. The normalized spacial score (nSPS) is 14.6. The molecule has 1 aromatic heterocycles. The molecule has 2 nitrogen and oxygen atoms in total. The van der Waals surface area contributed by atoms with E-state index in [9.17, 15) is 5.11 Å². The standard InChI is InChI=1S/C30H35B2NOS3/c1-8-17-19-12(3)11(2)18-15(6)28(35)16(7)29(36)21(18)25(19)33-26(22(17)30(37)9-10-30)20-13(4)14(5)23(31)24(32)27(20)34/h34-37H,8-10,31-32H2,1-7H3. The molecule has 3 aromatic carbocycles. The summed E-state index contributed by atoms with van der Waals surface area (Å²) in [7, 11) is 4.09. The Morgan fingerprint density at radius 1 is 0.784 bits per heavy atom. The van der Waals surface area contributed by atoms with E-state index in [0.29, 0.717) is 5.75 Å². The summed E-state index contributed by atoms with van der Waals surface area (Å²) in [6.45, 7) is 15.2. The van der Waals surface area contributed by atoms with Gasteiger partial charge in [-0.05, 0) is 105 Å². The number of phenolic OH excluding ortho intramolecular Hbond substituents is 1. The van der Waals surface area contributed by atoms with Crippen LogP contribution in [0.3, 0.4) is 0 Å². The number of nitrogens with zero attached hydrogens (tertiary/aromatic N) is 1. The molecule has 37 heavy (non-hydrogen) atoms. The SMILES string of the molecule is Bc1c(B)c(O)c(-c2nc3c(c(C)c(C)c4c(C)c(S)c(C)c(S)c43)c(CC)c2C2(S)CC2)c(C)c1C. The summed E-state index contributed by atoms with van der Waals surface area (Å²) in [5.74, 6) is 0.331. The van der Waals surface area contributed by atoms with E-state index < -0.39 is 0 Å². The van der Waals surface area contributed by atoms with Crippen LogP contribution in [0.5, 0.6) is 5.75 Å². The van der Waals surface area contributed by atoms with Gasteiger partial charge in [-0.1, -0.05) is 23.4 Å². The Balaban J connectivity index is 2.13. The molecule has 0 bridgehead atoms. The van der Waals surface area contributed by atoms with Crippen LogP contribution in [0.1, 0.15) is 64.3 Å². The third-order valence-corrected chi connectivity index (χ3v) is 11.1. The van der Waals surface area contributed by atoms with E-state index in [2.05, 4.69) is 56.3 Å². The zero-order valence-corrected chi connectivity index (χ0v) is 26.0. The van der Waals surface area contributed by atoms with Gasteiger partial charge in [0.05, 0.1) is 11.2 Å². The molecule has 7 heteroatoms. The van der Waals surface area contributed by atoms with Crippen LogP contribution in [0.15, 0.2) is 9.79 Å². The largest absolute Gasteiger partial charge is 0.508 e. The van der Waals surface area contributed by atoms with Crippen molar-refractivity contribution in [3.8, 4) is 17.0 Å². The van der Waals surface area contributed by atoms with Crippen LogP contribution in [0.2, 0.25) is 0 Å². The van der Waals surface area contributed by atoms with E-state index in [1.165, 1.54) is 38.6 Å². The average Bonchev–Trinajstić information content (AvgIpc) is 3.62. The van der Waals surface area contributed by atoms with Gasteiger partial charge in [-0.2, -0.15) is 12.6 Å². The highest BCUT2D eigenvalue weighted by atomic mass is 32.1. The molecule has 1 aliphatic carbocycles. The van der Waals surface area contributed by atoms with Crippen molar-refractivity contribution < 1.29 is 5.11 Å². The van der Waals surface area contributed by atoms with E-state index in [0.717, 1.165) is 78.8 Å². The zero-order valence-electron chi connectivity index (χ0n) is 23.4. The number of hydrogen-bond donors (Lipinski definition) is 4. The van der Waals surface area contributed by atoms with Crippen molar-refractivity contribution in [2.24, 2.45) is 0 Å². The number of rotatable bonds is 3. The number of benzene rings is 3. The maximum Gasteiger partial charge on any atom is 0.143 e. The minimum absolute atomic E-state index is 0.229. The van der Waals surface area contributed by atoms with Crippen LogP contribution in [0.4, 0.5) is 0 Å². The fourth-order valence-corrected chi connectivity index (χ4v) is 7.28. The molecule has 0 radical (unpaired) electrons. The summed E-state index contributed by atoms with van der Waals surface area (Å²) in [5, 5.41) is 15.1. The highest BCUT2D eigenvalue weighted by Crippen LogP contribution is 2.57. The molecule has 0 spiro atoms. The number of phenols is 1. The summed E-state index contributed by atoms with van der Waals surface area (Å²) in [4.78, 5) is 7.42. The van der Waals surface area contributed by atoms with Crippen molar-refractivity contribution >= 4 is 86.2 Å². The smallest absolute Gasteiger partial charge is 0.143 e. The van der Waals surface area contributed by atoms with Crippen molar-refractivity contribution in [3.63, 3.8) is 0 Å². The van der Waals surface area contributed by atoms with E-state index in [1.807, 2.05) is 7.85 Å². The molecule has 0 aliphatic heterocycles. The van der Waals surface area contributed by atoms with Crippen LogP contribution in [-0.2, 0) is 11.2 Å². The first kappa shape index (κ1) is 26.9. The second kappa shape index (κ2) is 8.92. The molecule has 1 N–H and O–H groups in total. The summed E-state index contributed by atoms with van der Waals surface area (Å²) < 4.78 is -0.229. The number of thiol groups is 3. The van der Waals surface area contributed by atoms with Crippen LogP contribution in [0.25, 0.3) is 32.9 Å². The van der Waals surface area contributed by atoms with Gasteiger partial charge in [0.2, 0.25) is 0 Å². The Kier molecular flexibility index (Phi) is 6.49. The Morgan fingerprint density at radius 3 is 1.95 bits per heavy atom. The predicted octanol–water partition coefficient (Wildman–Crippen LogP) is 5.19.